The van der Waals surface area contributed by atoms with Crippen molar-refractivity contribution in [3.05, 3.63) is 32.3 Å². The number of phenolic OH excluding ortho intramolecular Hbond substituents is 1. The fraction of sp³-hybridized carbons (Fsp3) is 0.500. The van der Waals surface area contributed by atoms with Crippen LogP contribution in [0.4, 0.5) is 5.69 Å². The molecule has 1 aromatic carbocycles. The summed E-state index contributed by atoms with van der Waals surface area (Å²) < 4.78 is 0.544. The molecule has 0 bridgehead atoms. The molecule has 1 atom stereocenters. The van der Waals surface area contributed by atoms with Crippen LogP contribution in [0.5, 0.6) is 5.75 Å². The fourth-order valence-corrected chi connectivity index (χ4v) is 2.16. The summed E-state index contributed by atoms with van der Waals surface area (Å²) in [5.74, 6) is 0.166. The number of phenols is 1. The summed E-state index contributed by atoms with van der Waals surface area (Å²) in [4.78, 5) is 10.2. The zero-order valence-electron chi connectivity index (χ0n) is 10.8. The lowest BCUT2D eigenvalue weighted by Crippen LogP contribution is -2.12. The molecule has 0 unspecified atom stereocenters. The van der Waals surface area contributed by atoms with Gasteiger partial charge in [-0.05, 0) is 24.8 Å². The first kappa shape index (κ1) is 18.1. The molecule has 5 nitrogen and oxygen atoms in total. The van der Waals surface area contributed by atoms with Gasteiger partial charge in [0.2, 0.25) is 0 Å². The summed E-state index contributed by atoms with van der Waals surface area (Å²) in [6.07, 6.45) is 1.58. The maximum atomic E-state index is 10.8. The Balaban J connectivity index is 0.00000324. The second-order valence-corrected chi connectivity index (χ2v) is 5.61. The van der Waals surface area contributed by atoms with Crippen LogP contribution in [-0.2, 0) is 0 Å². The maximum Gasteiger partial charge on any atom is 0.312 e. The molecule has 0 heterocycles. The SMILES string of the molecule is CC(C)CC[C@@H](N)c1cc(Br)cc([N+](=O)[O-])c1O.Cl. The van der Waals surface area contributed by atoms with E-state index in [9.17, 15) is 15.2 Å². The Morgan fingerprint density at radius 1 is 1.42 bits per heavy atom. The van der Waals surface area contributed by atoms with Crippen molar-refractivity contribution in [3.63, 3.8) is 0 Å². The quantitative estimate of drug-likeness (QED) is 0.620. The van der Waals surface area contributed by atoms with Gasteiger partial charge in [-0.15, -0.1) is 12.4 Å². The molecule has 0 fully saturated rings. The van der Waals surface area contributed by atoms with Gasteiger partial charge in [0.1, 0.15) is 0 Å². The second-order valence-electron chi connectivity index (χ2n) is 4.70. The number of nitrogens with zero attached hydrogens (tertiary/aromatic N) is 1. The molecule has 0 spiro atoms. The molecular formula is C12H18BrClN2O3. The topological polar surface area (TPSA) is 89.4 Å². The molecule has 1 rings (SSSR count). The van der Waals surface area contributed by atoms with Crippen LogP contribution in [-0.4, -0.2) is 10.0 Å². The van der Waals surface area contributed by atoms with Gasteiger partial charge in [-0.3, -0.25) is 10.1 Å². The fourth-order valence-electron chi connectivity index (χ4n) is 1.70. The predicted molar refractivity (Wildman–Crippen MR) is 80.7 cm³/mol. The van der Waals surface area contributed by atoms with Crippen molar-refractivity contribution in [2.75, 3.05) is 0 Å². The van der Waals surface area contributed by atoms with Crippen molar-refractivity contribution in [2.45, 2.75) is 32.7 Å². The van der Waals surface area contributed by atoms with Crippen LogP contribution in [0.3, 0.4) is 0 Å². The van der Waals surface area contributed by atoms with E-state index >= 15 is 0 Å². The Kier molecular flexibility index (Phi) is 7.33. The molecule has 0 aromatic heterocycles. The van der Waals surface area contributed by atoms with Gasteiger partial charge in [0.05, 0.1) is 4.92 Å². The van der Waals surface area contributed by atoms with E-state index in [0.717, 1.165) is 6.42 Å². The van der Waals surface area contributed by atoms with Crippen LogP contribution >= 0.6 is 28.3 Å². The van der Waals surface area contributed by atoms with E-state index < -0.39 is 11.0 Å². The van der Waals surface area contributed by atoms with Crippen LogP contribution in [0.15, 0.2) is 16.6 Å². The number of hydrogen-bond acceptors (Lipinski definition) is 4. The Bertz CT molecular complexity index is 455. The smallest absolute Gasteiger partial charge is 0.312 e. The van der Waals surface area contributed by atoms with Crippen LogP contribution in [0.25, 0.3) is 0 Å². The number of aromatic hydroxyl groups is 1. The molecule has 19 heavy (non-hydrogen) atoms. The predicted octanol–water partition coefficient (Wildman–Crippen LogP) is 3.92. The highest BCUT2D eigenvalue weighted by Crippen LogP contribution is 2.37. The third-order valence-electron chi connectivity index (χ3n) is 2.74. The molecular weight excluding hydrogens is 336 g/mol. The minimum atomic E-state index is -0.612. The first-order valence-corrected chi connectivity index (χ1v) is 6.54. The molecule has 7 heteroatoms. The number of benzene rings is 1. The van der Waals surface area contributed by atoms with Crippen molar-refractivity contribution < 1.29 is 10.0 Å². The van der Waals surface area contributed by atoms with Crippen LogP contribution in [0.2, 0.25) is 0 Å². The lowest BCUT2D eigenvalue weighted by Gasteiger charge is -2.15. The van der Waals surface area contributed by atoms with Gasteiger partial charge < -0.3 is 10.8 Å². The number of hydrogen-bond donors (Lipinski definition) is 2. The molecule has 0 radical (unpaired) electrons. The Morgan fingerprint density at radius 3 is 2.47 bits per heavy atom. The zero-order valence-corrected chi connectivity index (χ0v) is 13.2. The normalized spacial score (nSPS) is 12.1. The van der Waals surface area contributed by atoms with Gasteiger partial charge in [0.15, 0.2) is 5.75 Å². The van der Waals surface area contributed by atoms with E-state index in [1.165, 1.54) is 6.07 Å². The molecule has 0 saturated carbocycles. The van der Waals surface area contributed by atoms with Crippen molar-refractivity contribution in [2.24, 2.45) is 11.7 Å². The molecule has 0 saturated heterocycles. The van der Waals surface area contributed by atoms with E-state index in [1.54, 1.807) is 6.07 Å². The molecule has 3 N–H and O–H groups in total. The van der Waals surface area contributed by atoms with E-state index in [2.05, 4.69) is 29.8 Å². The van der Waals surface area contributed by atoms with Gasteiger partial charge in [0, 0.05) is 22.1 Å². The molecule has 1 aromatic rings. The number of nitro groups is 1. The number of nitro benzene ring substituents is 1. The van der Waals surface area contributed by atoms with Gasteiger partial charge in [-0.2, -0.15) is 0 Å². The zero-order chi connectivity index (χ0) is 13.9. The number of rotatable bonds is 5. The largest absolute Gasteiger partial charge is 0.502 e. The minimum Gasteiger partial charge on any atom is -0.502 e. The van der Waals surface area contributed by atoms with E-state index in [1.807, 2.05) is 0 Å². The average Bonchev–Trinajstić information content (AvgIpc) is 2.28. The Morgan fingerprint density at radius 2 is 2.00 bits per heavy atom. The van der Waals surface area contributed by atoms with Gasteiger partial charge in [-0.1, -0.05) is 29.8 Å². The van der Waals surface area contributed by atoms with Gasteiger partial charge in [0.25, 0.3) is 0 Å². The number of halogens is 2. The van der Waals surface area contributed by atoms with E-state index in [-0.39, 0.29) is 23.8 Å². The lowest BCUT2D eigenvalue weighted by atomic mass is 9.97. The van der Waals surface area contributed by atoms with Crippen molar-refractivity contribution in [1.29, 1.82) is 0 Å². The Hall–Kier alpha value is -0.850. The molecule has 108 valence electrons. The first-order valence-electron chi connectivity index (χ1n) is 5.75. The average molecular weight is 354 g/mol. The van der Waals surface area contributed by atoms with E-state index in [4.69, 9.17) is 5.73 Å². The highest BCUT2D eigenvalue weighted by atomic mass is 79.9. The third-order valence-corrected chi connectivity index (χ3v) is 3.19. The molecule has 0 aliphatic carbocycles. The maximum absolute atomic E-state index is 10.8. The van der Waals surface area contributed by atoms with Crippen LogP contribution in [0.1, 0.15) is 38.3 Å². The van der Waals surface area contributed by atoms with Crippen molar-refractivity contribution >= 4 is 34.0 Å². The summed E-state index contributed by atoms with van der Waals surface area (Å²) in [7, 11) is 0. The van der Waals surface area contributed by atoms with Crippen LogP contribution < -0.4 is 5.73 Å². The van der Waals surface area contributed by atoms with Gasteiger partial charge in [-0.25, -0.2) is 0 Å². The second kappa shape index (κ2) is 7.67. The number of nitrogens with two attached hydrogens (primary N) is 1. The summed E-state index contributed by atoms with van der Waals surface area (Å²) >= 11 is 3.19. The highest BCUT2D eigenvalue weighted by molar-refractivity contribution is 9.10. The molecule has 0 amide bonds. The summed E-state index contributed by atoms with van der Waals surface area (Å²) in [6, 6.07) is 2.50. The Labute approximate surface area is 126 Å². The van der Waals surface area contributed by atoms with E-state index in [0.29, 0.717) is 22.4 Å². The van der Waals surface area contributed by atoms with Gasteiger partial charge >= 0.3 is 5.69 Å². The first-order chi connectivity index (χ1) is 8.32. The summed E-state index contributed by atoms with van der Waals surface area (Å²) in [6.45, 7) is 4.16. The van der Waals surface area contributed by atoms with Crippen molar-refractivity contribution in [1.82, 2.24) is 0 Å². The van der Waals surface area contributed by atoms with Crippen LogP contribution in [0, 0.1) is 16.0 Å². The standard InChI is InChI=1S/C12H17BrN2O3.ClH/c1-7(2)3-4-10(14)9-5-8(13)6-11(12(9)16)15(17)18;/h5-7,10,16H,3-4,14H2,1-2H3;1H/t10-;/m1./s1. The monoisotopic (exact) mass is 352 g/mol. The molecule has 0 aliphatic rings. The lowest BCUT2D eigenvalue weighted by molar-refractivity contribution is -0.386. The third kappa shape index (κ3) is 4.97. The highest BCUT2D eigenvalue weighted by Gasteiger charge is 2.22. The summed E-state index contributed by atoms with van der Waals surface area (Å²) in [5.41, 5.74) is 6.07. The molecule has 0 aliphatic heterocycles. The van der Waals surface area contributed by atoms with Crippen molar-refractivity contribution in [3.8, 4) is 5.75 Å². The summed E-state index contributed by atoms with van der Waals surface area (Å²) in [5, 5.41) is 20.7. The minimum absolute atomic E-state index is 0.